The molecule has 0 spiro atoms. The van der Waals surface area contributed by atoms with Crippen LogP contribution in [0.5, 0.6) is 0 Å². The molecule has 1 aromatic rings. The predicted molar refractivity (Wildman–Crippen MR) is 72.5 cm³/mol. The SMILES string of the molecule is CN(Cc1ccc(F)cc1C#N)CC1(O)CCOCC1. The largest absolute Gasteiger partial charge is 0.388 e. The van der Waals surface area contributed by atoms with Crippen molar-refractivity contribution in [3.05, 3.63) is 35.1 Å². The van der Waals surface area contributed by atoms with E-state index in [0.717, 1.165) is 5.56 Å². The molecule has 0 amide bonds. The minimum Gasteiger partial charge on any atom is -0.388 e. The number of likely N-dealkylation sites (N-methyl/N-ethyl adjacent to an activating group) is 1. The minimum atomic E-state index is -0.736. The van der Waals surface area contributed by atoms with E-state index in [1.807, 2.05) is 18.0 Å². The smallest absolute Gasteiger partial charge is 0.124 e. The Morgan fingerprint density at radius 2 is 2.15 bits per heavy atom. The molecule has 0 saturated carbocycles. The molecule has 0 bridgehead atoms. The van der Waals surface area contributed by atoms with Crippen LogP contribution in [0.15, 0.2) is 18.2 Å². The highest BCUT2D eigenvalue weighted by molar-refractivity contribution is 5.37. The zero-order valence-electron chi connectivity index (χ0n) is 11.6. The van der Waals surface area contributed by atoms with Gasteiger partial charge in [0, 0.05) is 39.1 Å². The van der Waals surface area contributed by atoms with Crippen molar-refractivity contribution < 1.29 is 14.2 Å². The second-order valence-corrected chi connectivity index (χ2v) is 5.42. The van der Waals surface area contributed by atoms with Crippen molar-refractivity contribution in [1.82, 2.24) is 4.90 Å². The first-order chi connectivity index (χ1) is 9.52. The van der Waals surface area contributed by atoms with Gasteiger partial charge in [0.05, 0.1) is 17.2 Å². The Kier molecular flexibility index (Phi) is 4.71. The summed E-state index contributed by atoms with van der Waals surface area (Å²) in [5.74, 6) is -0.406. The summed E-state index contributed by atoms with van der Waals surface area (Å²) < 4.78 is 18.3. The first-order valence-corrected chi connectivity index (χ1v) is 6.70. The van der Waals surface area contributed by atoms with E-state index < -0.39 is 11.4 Å². The molecule has 1 saturated heterocycles. The minimum absolute atomic E-state index is 0.343. The van der Waals surface area contributed by atoms with Crippen molar-refractivity contribution >= 4 is 0 Å². The second-order valence-electron chi connectivity index (χ2n) is 5.42. The summed E-state index contributed by atoms with van der Waals surface area (Å²) in [7, 11) is 1.89. The van der Waals surface area contributed by atoms with E-state index in [1.54, 1.807) is 6.07 Å². The maximum atomic E-state index is 13.1. The molecular formula is C15H19FN2O2. The lowest BCUT2D eigenvalue weighted by atomic mass is 9.93. The Bertz CT molecular complexity index is 507. The number of rotatable bonds is 4. The van der Waals surface area contributed by atoms with Crippen LogP contribution in [-0.4, -0.2) is 42.4 Å². The third-order valence-corrected chi connectivity index (χ3v) is 3.62. The molecular weight excluding hydrogens is 259 g/mol. The molecule has 20 heavy (non-hydrogen) atoms. The average Bonchev–Trinajstić information content (AvgIpc) is 2.41. The van der Waals surface area contributed by atoms with Gasteiger partial charge in [-0.15, -0.1) is 0 Å². The summed E-state index contributed by atoms with van der Waals surface area (Å²) in [5, 5.41) is 19.5. The first kappa shape index (κ1) is 14.9. The molecule has 1 fully saturated rings. The number of ether oxygens (including phenoxy) is 1. The number of benzene rings is 1. The zero-order chi connectivity index (χ0) is 14.6. The standard InChI is InChI=1S/C15H19FN2O2/c1-18(11-15(19)4-6-20-7-5-15)10-12-2-3-14(16)8-13(12)9-17/h2-3,8,19H,4-7,10-11H2,1H3. The number of hydrogen-bond acceptors (Lipinski definition) is 4. The molecule has 0 aromatic heterocycles. The van der Waals surface area contributed by atoms with E-state index in [-0.39, 0.29) is 0 Å². The van der Waals surface area contributed by atoms with Gasteiger partial charge in [0.1, 0.15) is 5.82 Å². The van der Waals surface area contributed by atoms with Gasteiger partial charge in [0.25, 0.3) is 0 Å². The summed E-state index contributed by atoms with van der Waals surface area (Å²) in [6, 6.07) is 6.23. The highest BCUT2D eigenvalue weighted by Crippen LogP contribution is 2.22. The maximum Gasteiger partial charge on any atom is 0.124 e. The van der Waals surface area contributed by atoms with Crippen LogP contribution < -0.4 is 0 Å². The van der Waals surface area contributed by atoms with Crippen LogP contribution >= 0.6 is 0 Å². The summed E-state index contributed by atoms with van der Waals surface area (Å²) in [6.07, 6.45) is 1.23. The number of nitrogens with zero attached hydrogens (tertiary/aromatic N) is 2. The molecule has 2 rings (SSSR count). The lowest BCUT2D eigenvalue weighted by Crippen LogP contribution is -2.45. The number of aliphatic hydroxyl groups is 1. The van der Waals surface area contributed by atoms with Crippen molar-refractivity contribution in [3.63, 3.8) is 0 Å². The lowest BCUT2D eigenvalue weighted by Gasteiger charge is -2.35. The molecule has 5 heteroatoms. The molecule has 0 unspecified atom stereocenters. The number of nitriles is 1. The molecule has 108 valence electrons. The van der Waals surface area contributed by atoms with Gasteiger partial charge in [-0.3, -0.25) is 4.90 Å². The highest BCUT2D eigenvalue weighted by atomic mass is 19.1. The van der Waals surface area contributed by atoms with Crippen LogP contribution in [0.25, 0.3) is 0 Å². The Labute approximate surface area is 118 Å². The predicted octanol–water partition coefficient (Wildman–Crippen LogP) is 1.67. The van der Waals surface area contributed by atoms with Gasteiger partial charge in [-0.1, -0.05) is 6.07 Å². The summed E-state index contributed by atoms with van der Waals surface area (Å²) in [6.45, 7) is 2.17. The van der Waals surface area contributed by atoms with Gasteiger partial charge >= 0.3 is 0 Å². The van der Waals surface area contributed by atoms with E-state index in [4.69, 9.17) is 10.00 Å². The van der Waals surface area contributed by atoms with Crippen LogP contribution in [0.2, 0.25) is 0 Å². The molecule has 4 nitrogen and oxygen atoms in total. The summed E-state index contributed by atoms with van der Waals surface area (Å²) >= 11 is 0. The van der Waals surface area contributed by atoms with Crippen molar-refractivity contribution in [2.75, 3.05) is 26.8 Å². The average molecular weight is 278 g/mol. The Hall–Kier alpha value is -1.48. The van der Waals surface area contributed by atoms with Crippen molar-refractivity contribution in [2.24, 2.45) is 0 Å². The van der Waals surface area contributed by atoms with E-state index in [1.165, 1.54) is 12.1 Å². The third kappa shape index (κ3) is 3.76. The van der Waals surface area contributed by atoms with E-state index in [9.17, 15) is 9.50 Å². The van der Waals surface area contributed by atoms with Gasteiger partial charge in [-0.2, -0.15) is 5.26 Å². The maximum absolute atomic E-state index is 13.1. The van der Waals surface area contributed by atoms with Crippen molar-refractivity contribution in [1.29, 1.82) is 5.26 Å². The normalized spacial score (nSPS) is 17.9. The van der Waals surface area contributed by atoms with Crippen LogP contribution in [0, 0.1) is 17.1 Å². The van der Waals surface area contributed by atoms with Gasteiger partial charge in [0.15, 0.2) is 0 Å². The monoisotopic (exact) mass is 278 g/mol. The fraction of sp³-hybridized carbons (Fsp3) is 0.533. The first-order valence-electron chi connectivity index (χ1n) is 6.70. The quantitative estimate of drug-likeness (QED) is 0.910. The molecule has 0 aliphatic carbocycles. The third-order valence-electron chi connectivity index (χ3n) is 3.62. The second kappa shape index (κ2) is 6.31. The molecule has 1 heterocycles. The van der Waals surface area contributed by atoms with Crippen LogP contribution in [0.1, 0.15) is 24.0 Å². The van der Waals surface area contributed by atoms with Crippen molar-refractivity contribution in [3.8, 4) is 6.07 Å². The Morgan fingerprint density at radius 3 is 2.80 bits per heavy atom. The zero-order valence-corrected chi connectivity index (χ0v) is 11.6. The molecule has 0 atom stereocenters. The highest BCUT2D eigenvalue weighted by Gasteiger charge is 2.31. The van der Waals surface area contributed by atoms with Crippen molar-refractivity contribution in [2.45, 2.75) is 25.0 Å². The number of halogens is 1. The van der Waals surface area contributed by atoms with E-state index in [2.05, 4.69) is 0 Å². The molecule has 1 aliphatic rings. The van der Waals surface area contributed by atoms with Gasteiger partial charge in [-0.25, -0.2) is 4.39 Å². The van der Waals surface area contributed by atoms with Crippen LogP contribution in [0.4, 0.5) is 4.39 Å². The number of hydrogen-bond donors (Lipinski definition) is 1. The molecule has 1 aliphatic heterocycles. The Balaban J connectivity index is 2.01. The van der Waals surface area contributed by atoms with Crippen LogP contribution in [-0.2, 0) is 11.3 Å². The summed E-state index contributed by atoms with van der Waals surface area (Å²) in [5.41, 5.74) is 0.378. The Morgan fingerprint density at radius 1 is 1.45 bits per heavy atom. The topological polar surface area (TPSA) is 56.5 Å². The molecule has 0 radical (unpaired) electrons. The van der Waals surface area contributed by atoms with E-state index in [0.29, 0.717) is 44.7 Å². The van der Waals surface area contributed by atoms with Gasteiger partial charge in [-0.05, 0) is 24.7 Å². The van der Waals surface area contributed by atoms with Gasteiger partial charge in [0.2, 0.25) is 0 Å². The fourth-order valence-corrected chi connectivity index (χ4v) is 2.55. The molecule has 1 aromatic carbocycles. The summed E-state index contributed by atoms with van der Waals surface area (Å²) in [4.78, 5) is 1.96. The molecule has 1 N–H and O–H groups in total. The van der Waals surface area contributed by atoms with Crippen LogP contribution in [0.3, 0.4) is 0 Å². The lowest BCUT2D eigenvalue weighted by molar-refractivity contribution is -0.0777. The fourth-order valence-electron chi connectivity index (χ4n) is 2.55. The van der Waals surface area contributed by atoms with Gasteiger partial charge < -0.3 is 9.84 Å². The van der Waals surface area contributed by atoms with E-state index >= 15 is 0 Å².